The van der Waals surface area contributed by atoms with Crippen molar-refractivity contribution in [2.75, 3.05) is 0 Å². The quantitative estimate of drug-likeness (QED) is 0.450. The molecular weight excluding hydrogens is 380 g/mol. The summed E-state index contributed by atoms with van der Waals surface area (Å²) in [6.45, 7) is 1.89. The molecule has 0 saturated heterocycles. The van der Waals surface area contributed by atoms with Crippen molar-refractivity contribution in [3.05, 3.63) is 88.1 Å². The van der Waals surface area contributed by atoms with E-state index < -0.39 is 17.7 Å². The number of hydrogen-bond acceptors (Lipinski definition) is 4. The molecule has 28 heavy (non-hydrogen) atoms. The number of halogens is 2. The lowest BCUT2D eigenvalue weighted by molar-refractivity contribution is 0.220. The number of aryl methyl sites for hydroxylation is 1. The molecule has 0 bridgehead atoms. The first-order chi connectivity index (χ1) is 13.6. The predicted molar refractivity (Wildman–Crippen MR) is 105 cm³/mol. The molecule has 1 atom stereocenters. The summed E-state index contributed by atoms with van der Waals surface area (Å²) in [5.41, 5.74) is 2.46. The molecule has 1 N–H and O–H groups in total. The van der Waals surface area contributed by atoms with Crippen molar-refractivity contribution in [1.82, 2.24) is 4.98 Å². The Morgan fingerprint density at radius 1 is 1.21 bits per heavy atom. The number of furan rings is 1. The van der Waals surface area contributed by atoms with Crippen LogP contribution >= 0.6 is 11.3 Å². The second kappa shape index (κ2) is 7.66. The lowest BCUT2D eigenvalue weighted by atomic mass is 9.91. The van der Waals surface area contributed by atoms with E-state index in [1.807, 2.05) is 23.8 Å². The maximum atomic E-state index is 14.7. The molecule has 0 aliphatic heterocycles. The maximum Gasteiger partial charge on any atom is 0.141 e. The number of hydrogen-bond donors (Lipinski definition) is 1. The monoisotopic (exact) mass is 397 g/mol. The minimum atomic E-state index is -1.08. The first-order valence-corrected chi connectivity index (χ1v) is 9.76. The summed E-state index contributed by atoms with van der Waals surface area (Å²) in [5, 5.41) is 15.0. The molecule has 6 heteroatoms. The average molecular weight is 397 g/mol. The molecule has 0 spiro atoms. The topological polar surface area (TPSA) is 46.3 Å². The van der Waals surface area contributed by atoms with E-state index in [2.05, 4.69) is 4.98 Å². The lowest BCUT2D eigenvalue weighted by Gasteiger charge is -2.14. The molecule has 4 rings (SSSR count). The number of nitrogens with zero attached hydrogens (tertiary/aromatic N) is 1. The maximum absolute atomic E-state index is 14.7. The van der Waals surface area contributed by atoms with E-state index in [1.165, 1.54) is 23.5 Å². The highest BCUT2D eigenvalue weighted by molar-refractivity contribution is 7.08. The molecule has 0 saturated carbocycles. The fourth-order valence-electron chi connectivity index (χ4n) is 3.30. The summed E-state index contributed by atoms with van der Waals surface area (Å²) in [7, 11) is 0. The van der Waals surface area contributed by atoms with Crippen molar-refractivity contribution in [1.29, 1.82) is 0 Å². The zero-order valence-electron chi connectivity index (χ0n) is 15.0. The second-order valence-corrected chi connectivity index (χ2v) is 7.10. The van der Waals surface area contributed by atoms with Gasteiger partial charge in [-0.25, -0.2) is 8.78 Å². The molecule has 3 heterocycles. The van der Waals surface area contributed by atoms with Gasteiger partial charge in [0.1, 0.15) is 29.3 Å². The largest absolute Gasteiger partial charge is 0.460 e. The van der Waals surface area contributed by atoms with E-state index in [0.717, 1.165) is 11.6 Å². The van der Waals surface area contributed by atoms with Crippen LogP contribution in [0.25, 0.3) is 22.5 Å². The Kier molecular flexibility index (Phi) is 5.07. The SMILES string of the molecule is CCc1oc(-c2ccsc2)c(C(O)c2cccnc2)c1-c1ccc(F)cc1F. The van der Waals surface area contributed by atoms with Gasteiger partial charge >= 0.3 is 0 Å². The molecule has 1 aromatic carbocycles. The van der Waals surface area contributed by atoms with Gasteiger partial charge in [-0.2, -0.15) is 11.3 Å². The van der Waals surface area contributed by atoms with E-state index >= 15 is 0 Å². The zero-order valence-corrected chi connectivity index (χ0v) is 15.8. The Balaban J connectivity index is 2.01. The van der Waals surface area contributed by atoms with Crippen molar-refractivity contribution in [3.63, 3.8) is 0 Å². The van der Waals surface area contributed by atoms with Crippen LogP contribution in [0.2, 0.25) is 0 Å². The van der Waals surface area contributed by atoms with E-state index in [-0.39, 0.29) is 5.56 Å². The van der Waals surface area contributed by atoms with Crippen LogP contribution in [0.4, 0.5) is 8.78 Å². The number of thiophene rings is 1. The van der Waals surface area contributed by atoms with Crippen LogP contribution in [0.15, 0.2) is 64.0 Å². The predicted octanol–water partition coefficient (Wildman–Crippen LogP) is 5.99. The number of aliphatic hydroxyl groups excluding tert-OH is 1. The smallest absolute Gasteiger partial charge is 0.141 e. The highest BCUT2D eigenvalue weighted by Crippen LogP contribution is 2.44. The third-order valence-corrected chi connectivity index (χ3v) is 5.28. The molecule has 3 aromatic heterocycles. The van der Waals surface area contributed by atoms with Crippen LogP contribution in [0.1, 0.15) is 29.9 Å². The van der Waals surface area contributed by atoms with E-state index in [1.54, 1.807) is 24.5 Å². The molecular formula is C22H17F2NO2S. The summed E-state index contributed by atoms with van der Waals surface area (Å²) in [6, 6.07) is 8.78. The Morgan fingerprint density at radius 3 is 2.71 bits per heavy atom. The van der Waals surface area contributed by atoms with E-state index in [0.29, 0.717) is 34.6 Å². The van der Waals surface area contributed by atoms with Gasteiger partial charge in [-0.3, -0.25) is 4.98 Å². The van der Waals surface area contributed by atoms with Gasteiger partial charge in [0.05, 0.1) is 0 Å². The molecule has 4 aromatic rings. The molecule has 0 aliphatic rings. The average Bonchev–Trinajstić information content (AvgIpc) is 3.36. The Morgan fingerprint density at radius 2 is 2.07 bits per heavy atom. The Labute approximate surface area is 164 Å². The van der Waals surface area contributed by atoms with Crippen LogP contribution in [-0.2, 0) is 6.42 Å². The number of benzene rings is 1. The molecule has 142 valence electrons. The van der Waals surface area contributed by atoms with Crippen LogP contribution in [-0.4, -0.2) is 10.1 Å². The highest BCUT2D eigenvalue weighted by Gasteiger charge is 2.29. The van der Waals surface area contributed by atoms with Gasteiger partial charge in [0, 0.05) is 58.1 Å². The third-order valence-electron chi connectivity index (χ3n) is 4.60. The minimum Gasteiger partial charge on any atom is -0.460 e. The number of rotatable bonds is 5. The van der Waals surface area contributed by atoms with Crippen LogP contribution in [0.3, 0.4) is 0 Å². The van der Waals surface area contributed by atoms with E-state index in [4.69, 9.17) is 4.42 Å². The van der Waals surface area contributed by atoms with Gasteiger partial charge in [-0.1, -0.05) is 13.0 Å². The molecule has 0 radical (unpaired) electrons. The molecule has 3 nitrogen and oxygen atoms in total. The van der Waals surface area contributed by atoms with Crippen LogP contribution in [0.5, 0.6) is 0 Å². The van der Waals surface area contributed by atoms with Crippen molar-refractivity contribution >= 4 is 11.3 Å². The van der Waals surface area contributed by atoms with Gasteiger partial charge < -0.3 is 9.52 Å². The zero-order chi connectivity index (χ0) is 19.7. The van der Waals surface area contributed by atoms with Gasteiger partial charge in [0.25, 0.3) is 0 Å². The van der Waals surface area contributed by atoms with Gasteiger partial charge in [-0.05, 0) is 29.6 Å². The summed E-state index contributed by atoms with van der Waals surface area (Å²) < 4.78 is 34.2. The first kappa shape index (κ1) is 18.5. The Hall–Kier alpha value is -2.83. The Bertz CT molecular complexity index is 1090. The standard InChI is InChI=1S/C22H17F2NO2S/c1-2-18-19(16-6-5-15(23)10-17(16)24)20(21(26)13-4-3-8-25-11-13)22(27-18)14-7-9-28-12-14/h3-12,21,26H,2H2,1H3. The number of pyridine rings is 1. The minimum absolute atomic E-state index is 0.196. The lowest BCUT2D eigenvalue weighted by Crippen LogP contribution is -2.03. The molecule has 0 fully saturated rings. The van der Waals surface area contributed by atoms with E-state index in [9.17, 15) is 13.9 Å². The molecule has 0 amide bonds. The van der Waals surface area contributed by atoms with Crippen LogP contribution < -0.4 is 0 Å². The summed E-state index contributed by atoms with van der Waals surface area (Å²) in [4.78, 5) is 4.07. The highest BCUT2D eigenvalue weighted by atomic mass is 32.1. The third kappa shape index (κ3) is 3.25. The van der Waals surface area contributed by atoms with Crippen molar-refractivity contribution in [2.45, 2.75) is 19.4 Å². The number of aliphatic hydroxyl groups is 1. The summed E-state index contributed by atoms with van der Waals surface area (Å²) >= 11 is 1.50. The van der Waals surface area contributed by atoms with Crippen molar-refractivity contribution in [3.8, 4) is 22.5 Å². The fourth-order valence-corrected chi connectivity index (χ4v) is 3.94. The van der Waals surface area contributed by atoms with Crippen molar-refractivity contribution < 1.29 is 18.3 Å². The normalized spacial score (nSPS) is 12.3. The van der Waals surface area contributed by atoms with Crippen LogP contribution in [0, 0.1) is 11.6 Å². The van der Waals surface area contributed by atoms with Crippen molar-refractivity contribution in [2.24, 2.45) is 0 Å². The van der Waals surface area contributed by atoms with Gasteiger partial charge in [-0.15, -0.1) is 0 Å². The first-order valence-electron chi connectivity index (χ1n) is 8.81. The summed E-state index contributed by atoms with van der Waals surface area (Å²) in [6.07, 6.45) is 2.59. The molecule has 0 aliphatic carbocycles. The van der Waals surface area contributed by atoms with Gasteiger partial charge in [0.2, 0.25) is 0 Å². The second-order valence-electron chi connectivity index (χ2n) is 6.32. The van der Waals surface area contributed by atoms with Gasteiger partial charge in [0.15, 0.2) is 0 Å². The number of aromatic nitrogens is 1. The molecule has 1 unspecified atom stereocenters. The fraction of sp³-hybridized carbons (Fsp3) is 0.136. The summed E-state index contributed by atoms with van der Waals surface area (Å²) in [5.74, 6) is -0.347.